The number of hydrogen-bond donors (Lipinski definition) is 4. The van der Waals surface area contributed by atoms with Crippen molar-refractivity contribution in [3.8, 4) is 17.2 Å². The Morgan fingerprint density at radius 1 is 1.00 bits per heavy atom. The number of amides is 2. The fourth-order valence-corrected chi connectivity index (χ4v) is 5.47. The number of carbonyl (C=O) groups is 2. The summed E-state index contributed by atoms with van der Waals surface area (Å²) in [7, 11) is 1.28. The predicted octanol–water partition coefficient (Wildman–Crippen LogP) is 5.94. The Morgan fingerprint density at radius 2 is 1.78 bits per heavy atom. The van der Waals surface area contributed by atoms with Crippen molar-refractivity contribution in [3.63, 3.8) is 0 Å². The summed E-state index contributed by atoms with van der Waals surface area (Å²) in [6, 6.07) is 15.0. The number of urea groups is 1. The summed E-state index contributed by atoms with van der Waals surface area (Å²) >= 11 is 12.3. The molecule has 49 heavy (non-hydrogen) atoms. The zero-order chi connectivity index (χ0) is 35.5. The third-order valence-electron chi connectivity index (χ3n) is 7.60. The molecule has 12 nitrogen and oxygen atoms in total. The summed E-state index contributed by atoms with van der Waals surface area (Å²) in [5, 5.41) is 21.1. The largest absolute Gasteiger partial charge is 0.490 e. The highest BCUT2D eigenvalue weighted by atomic mass is 35.5. The molecule has 0 aliphatic carbocycles. The van der Waals surface area contributed by atoms with Crippen LogP contribution < -0.4 is 35.2 Å². The lowest BCUT2D eigenvalue weighted by molar-refractivity contribution is -0.136. The maximum Gasteiger partial charge on any atom is 0.337 e. The molecule has 3 aromatic rings. The maximum atomic E-state index is 12.5. The molecule has 1 heterocycles. The Bertz CT molecular complexity index is 1700. The molecule has 0 unspecified atom stereocenters. The SMILES string of the molecule is CCOc1cc([C@H]2NC(=O)NC(C)=C2C(=O)OC)ccc1OC[C@@H](O)N/N=C/c1ccc(N(CC)CC)cc1OCc1ccc(Cl)c(Cl)c1. The average molecular weight is 715 g/mol. The van der Waals surface area contributed by atoms with E-state index in [4.69, 9.17) is 42.1 Å². The predicted molar refractivity (Wildman–Crippen MR) is 190 cm³/mol. The molecule has 2 atom stereocenters. The summed E-state index contributed by atoms with van der Waals surface area (Å²) in [6.07, 6.45) is 0.378. The van der Waals surface area contributed by atoms with Crippen LogP contribution in [-0.2, 0) is 16.1 Å². The number of allylic oxidation sites excluding steroid dienone is 1. The first-order valence-electron chi connectivity index (χ1n) is 15.8. The Morgan fingerprint density at radius 3 is 2.47 bits per heavy atom. The number of benzene rings is 3. The number of nitrogens with zero attached hydrogens (tertiary/aromatic N) is 2. The van der Waals surface area contributed by atoms with Gasteiger partial charge in [-0.15, -0.1) is 0 Å². The summed E-state index contributed by atoms with van der Waals surface area (Å²) in [6.45, 7) is 9.68. The van der Waals surface area contributed by atoms with Crippen LogP contribution in [0.2, 0.25) is 10.0 Å². The second kappa shape index (κ2) is 17.7. The highest BCUT2D eigenvalue weighted by Crippen LogP contribution is 2.35. The van der Waals surface area contributed by atoms with E-state index in [0.29, 0.717) is 50.7 Å². The average Bonchev–Trinajstić information content (AvgIpc) is 3.09. The molecule has 0 saturated carbocycles. The van der Waals surface area contributed by atoms with E-state index in [9.17, 15) is 14.7 Å². The van der Waals surface area contributed by atoms with Crippen LogP contribution in [0.4, 0.5) is 10.5 Å². The van der Waals surface area contributed by atoms with Gasteiger partial charge in [0.05, 0.1) is 41.6 Å². The fraction of sp³-hybridized carbons (Fsp3) is 0.343. The van der Waals surface area contributed by atoms with Gasteiger partial charge < -0.3 is 39.6 Å². The number of esters is 1. The first-order valence-corrected chi connectivity index (χ1v) is 16.5. The standard InChI is InChI=1S/C35H41Cl2N5O7/c1-6-42(7-2)25-12-10-24(29(17-25)48-19-22-9-13-26(36)27(37)15-22)18-38-41-31(43)20-49-28-14-11-23(16-30(28)47-8-3)33-32(34(44)46-5)21(4)39-35(45)40-33/h9-18,31,33,41,43H,6-8,19-20H2,1-5H3,(H2,39,40,45)/b38-18+/t31-,33-/m1/s1. The van der Waals surface area contributed by atoms with Crippen molar-refractivity contribution in [2.75, 3.05) is 38.3 Å². The molecule has 14 heteroatoms. The van der Waals surface area contributed by atoms with Crippen molar-refractivity contribution in [3.05, 3.63) is 92.6 Å². The lowest BCUT2D eigenvalue weighted by Crippen LogP contribution is -2.45. The lowest BCUT2D eigenvalue weighted by atomic mass is 9.95. The number of hydrogen-bond acceptors (Lipinski definition) is 10. The van der Waals surface area contributed by atoms with Crippen LogP contribution in [0.15, 0.2) is 71.0 Å². The van der Waals surface area contributed by atoms with Crippen LogP contribution in [0.25, 0.3) is 0 Å². The molecule has 4 rings (SSSR count). The van der Waals surface area contributed by atoms with E-state index in [1.807, 2.05) is 31.2 Å². The van der Waals surface area contributed by atoms with Gasteiger partial charge in [0.1, 0.15) is 19.0 Å². The Hall–Kier alpha value is -4.65. The summed E-state index contributed by atoms with van der Waals surface area (Å²) in [5.41, 5.74) is 6.45. The molecule has 1 aliphatic heterocycles. The lowest BCUT2D eigenvalue weighted by Gasteiger charge is -2.28. The van der Waals surface area contributed by atoms with Crippen LogP contribution in [-0.4, -0.2) is 63.0 Å². The minimum Gasteiger partial charge on any atom is -0.490 e. The molecule has 0 radical (unpaired) electrons. The molecule has 0 fully saturated rings. The third kappa shape index (κ3) is 9.71. The van der Waals surface area contributed by atoms with Gasteiger partial charge >= 0.3 is 12.0 Å². The van der Waals surface area contributed by atoms with Gasteiger partial charge in [0, 0.05) is 36.1 Å². The molecule has 4 N–H and O–H groups in total. The minimum atomic E-state index is -1.18. The molecule has 0 spiro atoms. The fourth-order valence-electron chi connectivity index (χ4n) is 5.15. The number of methoxy groups -OCH3 is 1. The molecule has 1 aliphatic rings. The summed E-state index contributed by atoms with van der Waals surface area (Å²) in [5.74, 6) is 0.731. The number of nitrogens with one attached hydrogen (secondary N) is 3. The first kappa shape index (κ1) is 37.2. The molecule has 3 aromatic carbocycles. The smallest absolute Gasteiger partial charge is 0.337 e. The quantitative estimate of drug-likeness (QED) is 0.0614. The molecule has 0 bridgehead atoms. The highest BCUT2D eigenvalue weighted by Gasteiger charge is 2.32. The topological polar surface area (TPSA) is 143 Å². The van der Waals surface area contributed by atoms with Crippen LogP contribution in [0, 0.1) is 0 Å². The Labute approximate surface area is 296 Å². The van der Waals surface area contributed by atoms with E-state index in [0.717, 1.165) is 24.3 Å². The van der Waals surface area contributed by atoms with Gasteiger partial charge in [0.15, 0.2) is 17.7 Å². The van der Waals surface area contributed by atoms with Crippen molar-refractivity contribution >= 4 is 47.1 Å². The molecular weight excluding hydrogens is 673 g/mol. The second-order valence-corrected chi connectivity index (χ2v) is 11.7. The summed E-state index contributed by atoms with van der Waals surface area (Å²) < 4.78 is 22.8. The van der Waals surface area contributed by atoms with Crippen molar-refractivity contribution in [1.82, 2.24) is 16.1 Å². The van der Waals surface area contributed by atoms with Gasteiger partial charge in [-0.25, -0.2) is 9.59 Å². The number of anilines is 1. The normalized spacial score (nSPS) is 14.9. The molecule has 262 valence electrons. The number of ether oxygens (including phenoxy) is 4. The molecule has 0 aromatic heterocycles. The Balaban J connectivity index is 1.45. The number of aliphatic hydroxyl groups excluding tert-OH is 1. The van der Waals surface area contributed by atoms with E-state index >= 15 is 0 Å². The first-order chi connectivity index (χ1) is 23.6. The van der Waals surface area contributed by atoms with Gasteiger partial charge in [-0.2, -0.15) is 5.10 Å². The van der Waals surface area contributed by atoms with Gasteiger partial charge in [-0.1, -0.05) is 35.3 Å². The van der Waals surface area contributed by atoms with Crippen molar-refractivity contribution < 1.29 is 33.6 Å². The zero-order valence-electron chi connectivity index (χ0n) is 28.0. The van der Waals surface area contributed by atoms with Crippen LogP contribution >= 0.6 is 23.2 Å². The zero-order valence-corrected chi connectivity index (χ0v) is 29.5. The second-order valence-electron chi connectivity index (χ2n) is 10.8. The van der Waals surface area contributed by atoms with Crippen LogP contribution in [0.1, 0.15) is 50.4 Å². The van der Waals surface area contributed by atoms with Crippen molar-refractivity contribution in [2.24, 2.45) is 5.10 Å². The number of carbonyl (C=O) groups excluding carboxylic acids is 2. The number of rotatable bonds is 16. The van der Waals surface area contributed by atoms with Gasteiger partial charge in [-0.05, 0) is 75.2 Å². The molecule has 2 amide bonds. The van der Waals surface area contributed by atoms with Crippen molar-refractivity contribution in [2.45, 2.75) is 46.6 Å². The minimum absolute atomic E-state index is 0.172. The van der Waals surface area contributed by atoms with Gasteiger partial charge in [0.2, 0.25) is 0 Å². The highest BCUT2D eigenvalue weighted by molar-refractivity contribution is 6.42. The van der Waals surface area contributed by atoms with E-state index in [1.165, 1.54) is 7.11 Å². The number of hydrazone groups is 1. The molecular formula is C35H41Cl2N5O7. The summed E-state index contributed by atoms with van der Waals surface area (Å²) in [4.78, 5) is 26.9. The van der Waals surface area contributed by atoms with E-state index < -0.39 is 24.3 Å². The number of halogens is 2. The monoisotopic (exact) mass is 713 g/mol. The molecule has 0 saturated heterocycles. The van der Waals surface area contributed by atoms with E-state index in [2.05, 4.69) is 39.9 Å². The van der Waals surface area contributed by atoms with Crippen LogP contribution in [0.3, 0.4) is 0 Å². The van der Waals surface area contributed by atoms with Crippen molar-refractivity contribution in [1.29, 1.82) is 0 Å². The maximum absolute atomic E-state index is 12.5. The van der Waals surface area contributed by atoms with E-state index in [1.54, 1.807) is 43.5 Å². The third-order valence-corrected chi connectivity index (χ3v) is 8.34. The Kier molecular flexibility index (Phi) is 13.4. The van der Waals surface area contributed by atoms with Crippen LogP contribution in [0.5, 0.6) is 17.2 Å². The number of aliphatic hydroxyl groups is 1. The van der Waals surface area contributed by atoms with Gasteiger partial charge in [0.25, 0.3) is 0 Å². The van der Waals surface area contributed by atoms with Gasteiger partial charge in [-0.3, -0.25) is 5.43 Å². The van der Waals surface area contributed by atoms with E-state index in [-0.39, 0.29) is 18.8 Å².